The lowest BCUT2D eigenvalue weighted by Crippen LogP contribution is -2.43. The van der Waals surface area contributed by atoms with Crippen LogP contribution in [0.4, 0.5) is 10.4 Å². The smallest absolute Gasteiger partial charge is 0.299 e. The standard InChI is InChI=1S/C19H19FN4O2/c20-15-6-1-4-13(10-15)11-22-18(25)14-5-3-9-24(12-14)19-23-17-16(26-19)7-2-8-21-17/h1-2,4,6-8,10,14H,3,5,9,11-12H2,(H,22,25). The van der Waals surface area contributed by atoms with Crippen LogP contribution in [0.25, 0.3) is 11.2 Å². The average Bonchev–Trinajstić information content (AvgIpc) is 3.10. The Morgan fingerprint density at radius 3 is 3.12 bits per heavy atom. The Morgan fingerprint density at radius 2 is 2.27 bits per heavy atom. The highest BCUT2D eigenvalue weighted by molar-refractivity contribution is 5.79. The minimum Gasteiger partial charge on any atom is -0.422 e. The molecule has 3 aromatic rings. The van der Waals surface area contributed by atoms with E-state index < -0.39 is 0 Å². The quantitative estimate of drug-likeness (QED) is 0.780. The zero-order valence-electron chi connectivity index (χ0n) is 14.2. The summed E-state index contributed by atoms with van der Waals surface area (Å²) in [7, 11) is 0. The molecule has 1 saturated heterocycles. The molecule has 7 heteroatoms. The molecular weight excluding hydrogens is 335 g/mol. The molecule has 1 atom stereocenters. The van der Waals surface area contributed by atoms with Crippen LogP contribution in [0.2, 0.25) is 0 Å². The van der Waals surface area contributed by atoms with Gasteiger partial charge in [0.25, 0.3) is 6.01 Å². The molecule has 26 heavy (non-hydrogen) atoms. The fourth-order valence-electron chi connectivity index (χ4n) is 3.24. The number of carbonyl (C=O) groups is 1. The lowest BCUT2D eigenvalue weighted by molar-refractivity contribution is -0.125. The van der Waals surface area contributed by atoms with Crippen LogP contribution in [-0.2, 0) is 11.3 Å². The van der Waals surface area contributed by atoms with Crippen molar-refractivity contribution in [2.75, 3.05) is 18.0 Å². The van der Waals surface area contributed by atoms with Gasteiger partial charge >= 0.3 is 0 Å². The molecule has 1 aliphatic heterocycles. The van der Waals surface area contributed by atoms with Gasteiger partial charge < -0.3 is 14.6 Å². The Kier molecular flexibility index (Phi) is 4.51. The van der Waals surface area contributed by atoms with Crippen LogP contribution >= 0.6 is 0 Å². The van der Waals surface area contributed by atoms with E-state index in [-0.39, 0.29) is 17.6 Å². The number of fused-ring (bicyclic) bond motifs is 1. The van der Waals surface area contributed by atoms with Crippen LogP contribution < -0.4 is 10.2 Å². The highest BCUT2D eigenvalue weighted by Crippen LogP contribution is 2.25. The van der Waals surface area contributed by atoms with E-state index in [4.69, 9.17) is 4.42 Å². The zero-order chi connectivity index (χ0) is 17.9. The summed E-state index contributed by atoms with van der Waals surface area (Å²) >= 11 is 0. The maximum Gasteiger partial charge on any atom is 0.299 e. The van der Waals surface area contributed by atoms with Gasteiger partial charge in [0.15, 0.2) is 5.58 Å². The molecule has 0 radical (unpaired) electrons. The fraction of sp³-hybridized carbons (Fsp3) is 0.316. The summed E-state index contributed by atoms with van der Waals surface area (Å²) in [6, 6.07) is 10.4. The molecule has 3 heterocycles. The second-order valence-corrected chi connectivity index (χ2v) is 6.45. The summed E-state index contributed by atoms with van der Waals surface area (Å²) in [4.78, 5) is 23.1. The maximum atomic E-state index is 13.2. The van der Waals surface area contributed by atoms with Crippen molar-refractivity contribution in [1.29, 1.82) is 0 Å². The lowest BCUT2D eigenvalue weighted by atomic mass is 9.97. The summed E-state index contributed by atoms with van der Waals surface area (Å²) in [6.45, 7) is 1.65. The van der Waals surface area contributed by atoms with Crippen LogP contribution in [0.5, 0.6) is 0 Å². The molecule has 0 spiro atoms. The molecule has 1 aromatic carbocycles. The number of halogens is 1. The molecule has 1 amide bonds. The van der Waals surface area contributed by atoms with Crippen LogP contribution in [0.1, 0.15) is 18.4 Å². The number of nitrogens with one attached hydrogen (secondary N) is 1. The normalized spacial score (nSPS) is 17.4. The van der Waals surface area contributed by atoms with E-state index in [0.29, 0.717) is 30.3 Å². The van der Waals surface area contributed by atoms with Crippen molar-refractivity contribution < 1.29 is 13.6 Å². The van der Waals surface area contributed by atoms with E-state index in [2.05, 4.69) is 15.3 Å². The van der Waals surface area contributed by atoms with Gasteiger partial charge in [0.05, 0.1) is 5.92 Å². The van der Waals surface area contributed by atoms with E-state index in [1.54, 1.807) is 24.4 Å². The van der Waals surface area contributed by atoms with E-state index in [9.17, 15) is 9.18 Å². The van der Waals surface area contributed by atoms with E-state index in [1.807, 2.05) is 11.0 Å². The Balaban J connectivity index is 1.40. The number of hydrogen-bond donors (Lipinski definition) is 1. The molecule has 134 valence electrons. The first kappa shape index (κ1) is 16.5. The minimum atomic E-state index is -0.301. The fourth-order valence-corrected chi connectivity index (χ4v) is 3.24. The SMILES string of the molecule is O=C(NCc1cccc(F)c1)C1CCCN(c2nc3ncccc3o2)C1. The maximum absolute atomic E-state index is 13.2. The molecule has 1 unspecified atom stereocenters. The van der Waals surface area contributed by atoms with E-state index in [0.717, 1.165) is 24.9 Å². The molecule has 1 fully saturated rings. The summed E-state index contributed by atoms with van der Waals surface area (Å²) in [5.41, 5.74) is 1.95. The van der Waals surface area contributed by atoms with Crippen molar-refractivity contribution in [2.24, 2.45) is 5.92 Å². The van der Waals surface area contributed by atoms with Gasteiger partial charge in [0.2, 0.25) is 11.6 Å². The van der Waals surface area contributed by atoms with Gasteiger partial charge in [0.1, 0.15) is 5.82 Å². The van der Waals surface area contributed by atoms with Crippen LogP contribution in [0.3, 0.4) is 0 Å². The number of rotatable bonds is 4. The van der Waals surface area contributed by atoms with Gasteiger partial charge in [-0.15, -0.1) is 0 Å². The van der Waals surface area contributed by atoms with Gasteiger partial charge in [-0.1, -0.05) is 12.1 Å². The largest absolute Gasteiger partial charge is 0.422 e. The third kappa shape index (κ3) is 3.51. The van der Waals surface area contributed by atoms with Crippen molar-refractivity contribution in [1.82, 2.24) is 15.3 Å². The van der Waals surface area contributed by atoms with Crippen molar-refractivity contribution in [3.63, 3.8) is 0 Å². The number of anilines is 1. The van der Waals surface area contributed by atoms with Crippen molar-refractivity contribution in [3.8, 4) is 0 Å². The van der Waals surface area contributed by atoms with Crippen molar-refractivity contribution in [3.05, 3.63) is 54.0 Å². The molecule has 2 aromatic heterocycles. The monoisotopic (exact) mass is 354 g/mol. The number of oxazole rings is 1. The highest BCUT2D eigenvalue weighted by atomic mass is 19.1. The van der Waals surface area contributed by atoms with Crippen molar-refractivity contribution >= 4 is 23.2 Å². The first-order valence-corrected chi connectivity index (χ1v) is 8.68. The Hall–Kier alpha value is -2.96. The first-order valence-electron chi connectivity index (χ1n) is 8.68. The number of pyridine rings is 1. The number of benzene rings is 1. The Morgan fingerprint density at radius 1 is 1.35 bits per heavy atom. The Bertz CT molecular complexity index is 894. The summed E-state index contributed by atoms with van der Waals surface area (Å²) in [6.07, 6.45) is 3.36. The van der Waals surface area contributed by atoms with E-state index >= 15 is 0 Å². The number of nitrogens with zero attached hydrogens (tertiary/aromatic N) is 3. The summed E-state index contributed by atoms with van der Waals surface area (Å²) < 4.78 is 19.0. The van der Waals surface area contributed by atoms with Crippen LogP contribution in [-0.4, -0.2) is 29.0 Å². The van der Waals surface area contributed by atoms with Gasteiger partial charge in [-0.25, -0.2) is 9.37 Å². The van der Waals surface area contributed by atoms with Crippen LogP contribution in [0, 0.1) is 11.7 Å². The van der Waals surface area contributed by atoms with Gasteiger partial charge in [-0.2, -0.15) is 4.98 Å². The number of carbonyl (C=O) groups excluding carboxylic acids is 1. The third-order valence-corrected chi connectivity index (χ3v) is 4.57. The number of amides is 1. The zero-order valence-corrected chi connectivity index (χ0v) is 14.2. The third-order valence-electron chi connectivity index (χ3n) is 4.57. The molecule has 1 aliphatic rings. The van der Waals surface area contributed by atoms with Gasteiger partial charge in [-0.05, 0) is 42.7 Å². The predicted molar refractivity (Wildman–Crippen MR) is 95.0 cm³/mol. The Labute approximate surface area is 150 Å². The first-order chi connectivity index (χ1) is 12.7. The number of aromatic nitrogens is 2. The number of hydrogen-bond acceptors (Lipinski definition) is 5. The highest BCUT2D eigenvalue weighted by Gasteiger charge is 2.28. The van der Waals surface area contributed by atoms with Crippen molar-refractivity contribution in [2.45, 2.75) is 19.4 Å². The topological polar surface area (TPSA) is 71.3 Å². The lowest BCUT2D eigenvalue weighted by Gasteiger charge is -2.30. The van der Waals surface area contributed by atoms with Crippen LogP contribution in [0.15, 0.2) is 47.0 Å². The molecule has 0 saturated carbocycles. The summed E-state index contributed by atoms with van der Waals surface area (Å²) in [5, 5.41) is 2.90. The predicted octanol–water partition coefficient (Wildman–Crippen LogP) is 2.89. The molecule has 4 rings (SSSR count). The molecular formula is C19H19FN4O2. The second-order valence-electron chi connectivity index (χ2n) is 6.45. The van der Waals surface area contributed by atoms with Gasteiger partial charge in [0, 0.05) is 25.8 Å². The van der Waals surface area contributed by atoms with Gasteiger partial charge in [-0.3, -0.25) is 4.79 Å². The molecule has 1 N–H and O–H groups in total. The minimum absolute atomic E-state index is 0.0341. The second kappa shape index (κ2) is 7.11. The average molecular weight is 354 g/mol. The molecule has 0 bridgehead atoms. The van der Waals surface area contributed by atoms with E-state index in [1.165, 1.54) is 12.1 Å². The number of piperidine rings is 1. The summed E-state index contributed by atoms with van der Waals surface area (Å²) in [5.74, 6) is -0.487. The molecule has 0 aliphatic carbocycles. The molecule has 6 nitrogen and oxygen atoms in total.